The van der Waals surface area contributed by atoms with E-state index in [2.05, 4.69) is 17.2 Å². The summed E-state index contributed by atoms with van der Waals surface area (Å²) in [5.74, 6) is 0. The maximum atomic E-state index is 5.88. The number of hydrogen-bond donors (Lipinski definition) is 1. The molecule has 92 valence electrons. The van der Waals surface area contributed by atoms with Crippen LogP contribution in [0, 0.1) is 0 Å². The van der Waals surface area contributed by atoms with E-state index in [9.17, 15) is 0 Å². The fourth-order valence-corrected chi connectivity index (χ4v) is 2.08. The lowest BCUT2D eigenvalue weighted by atomic mass is 10.2. The zero-order valence-corrected chi connectivity index (χ0v) is 11.4. The molecule has 2 N–H and O–H groups in total. The standard InChI is InChI=1S/C9H15Cl3N4/c1-2-3-4-5-16-8(9(10,11)12)7(6-13)14-15-16/h2-6,13H2,1H3. The van der Waals surface area contributed by atoms with E-state index in [1.54, 1.807) is 4.68 Å². The largest absolute Gasteiger partial charge is 0.325 e. The van der Waals surface area contributed by atoms with Crippen molar-refractivity contribution in [2.75, 3.05) is 0 Å². The van der Waals surface area contributed by atoms with Gasteiger partial charge >= 0.3 is 0 Å². The SMILES string of the molecule is CCCCCn1nnc(CN)c1C(Cl)(Cl)Cl. The first-order valence-electron chi connectivity index (χ1n) is 5.20. The first-order chi connectivity index (χ1) is 7.50. The molecule has 0 unspecified atom stereocenters. The van der Waals surface area contributed by atoms with Crippen LogP contribution < -0.4 is 5.73 Å². The van der Waals surface area contributed by atoms with Crippen LogP contribution in [0.1, 0.15) is 37.6 Å². The Morgan fingerprint density at radius 3 is 2.50 bits per heavy atom. The second-order valence-electron chi connectivity index (χ2n) is 3.52. The average Bonchev–Trinajstić information content (AvgIpc) is 2.61. The third kappa shape index (κ3) is 3.48. The van der Waals surface area contributed by atoms with Gasteiger partial charge < -0.3 is 5.73 Å². The molecule has 0 aliphatic rings. The van der Waals surface area contributed by atoms with Crippen molar-refractivity contribution >= 4 is 34.8 Å². The van der Waals surface area contributed by atoms with Crippen LogP contribution >= 0.6 is 34.8 Å². The Bertz CT molecular complexity index is 332. The monoisotopic (exact) mass is 284 g/mol. The number of rotatable bonds is 5. The molecule has 1 heterocycles. The van der Waals surface area contributed by atoms with Crippen molar-refractivity contribution < 1.29 is 0 Å². The van der Waals surface area contributed by atoms with Crippen molar-refractivity contribution in [1.82, 2.24) is 15.0 Å². The Hall–Kier alpha value is -0.0300. The second kappa shape index (κ2) is 6.05. The number of unbranched alkanes of at least 4 members (excludes halogenated alkanes) is 2. The predicted octanol–water partition coefficient (Wildman–Crippen LogP) is 2.75. The highest BCUT2D eigenvalue weighted by molar-refractivity contribution is 6.66. The molecule has 0 bridgehead atoms. The number of nitrogens with zero attached hydrogens (tertiary/aromatic N) is 3. The lowest BCUT2D eigenvalue weighted by Gasteiger charge is -2.14. The summed E-state index contributed by atoms with van der Waals surface area (Å²) in [7, 11) is 0. The van der Waals surface area contributed by atoms with Crippen LogP contribution in [0.25, 0.3) is 0 Å². The van der Waals surface area contributed by atoms with Gasteiger partial charge in [0.05, 0.1) is 0 Å². The smallest absolute Gasteiger partial charge is 0.234 e. The summed E-state index contributed by atoms with van der Waals surface area (Å²) in [6.45, 7) is 3.05. The van der Waals surface area contributed by atoms with Gasteiger partial charge in [-0.2, -0.15) is 0 Å². The van der Waals surface area contributed by atoms with Gasteiger partial charge in [-0.3, -0.25) is 0 Å². The van der Waals surface area contributed by atoms with E-state index in [1.165, 1.54) is 0 Å². The van der Waals surface area contributed by atoms with Gasteiger partial charge in [0.1, 0.15) is 11.4 Å². The van der Waals surface area contributed by atoms with Crippen LogP contribution in [0.3, 0.4) is 0 Å². The highest BCUT2D eigenvalue weighted by Gasteiger charge is 2.31. The molecule has 1 aromatic heterocycles. The van der Waals surface area contributed by atoms with Gasteiger partial charge in [0, 0.05) is 13.1 Å². The van der Waals surface area contributed by atoms with Crippen LogP contribution in [0.15, 0.2) is 0 Å². The molecule has 0 radical (unpaired) electrons. The minimum absolute atomic E-state index is 0.219. The number of hydrogen-bond acceptors (Lipinski definition) is 3. The molecule has 0 amide bonds. The molecule has 16 heavy (non-hydrogen) atoms. The molecule has 0 saturated carbocycles. The van der Waals surface area contributed by atoms with Gasteiger partial charge in [-0.05, 0) is 6.42 Å². The lowest BCUT2D eigenvalue weighted by Crippen LogP contribution is -2.15. The maximum absolute atomic E-state index is 5.88. The van der Waals surface area contributed by atoms with E-state index in [0.717, 1.165) is 19.3 Å². The van der Waals surface area contributed by atoms with Crippen LogP contribution in [-0.4, -0.2) is 15.0 Å². The van der Waals surface area contributed by atoms with Gasteiger partial charge in [0.15, 0.2) is 0 Å². The van der Waals surface area contributed by atoms with Gasteiger partial charge in [-0.25, -0.2) is 4.68 Å². The topological polar surface area (TPSA) is 56.7 Å². The first kappa shape index (κ1) is 14.0. The highest BCUT2D eigenvalue weighted by Crippen LogP contribution is 2.39. The van der Waals surface area contributed by atoms with Crippen LogP contribution in [0.5, 0.6) is 0 Å². The molecule has 0 aliphatic carbocycles. The number of aromatic nitrogens is 3. The third-order valence-electron chi connectivity index (χ3n) is 2.24. The van der Waals surface area contributed by atoms with Gasteiger partial charge in [0.2, 0.25) is 3.79 Å². The minimum atomic E-state index is -1.52. The van der Waals surface area contributed by atoms with Gasteiger partial charge in [0.25, 0.3) is 0 Å². The lowest BCUT2D eigenvalue weighted by molar-refractivity contribution is 0.522. The van der Waals surface area contributed by atoms with Crippen molar-refractivity contribution in [2.45, 2.75) is 43.1 Å². The Balaban J connectivity index is 2.88. The predicted molar refractivity (Wildman–Crippen MR) is 66.7 cm³/mol. The van der Waals surface area contributed by atoms with E-state index in [0.29, 0.717) is 17.9 Å². The summed E-state index contributed by atoms with van der Waals surface area (Å²) in [4.78, 5) is 0. The molecule has 0 saturated heterocycles. The molecule has 0 atom stereocenters. The van der Waals surface area contributed by atoms with E-state index in [1.807, 2.05) is 0 Å². The van der Waals surface area contributed by atoms with Crippen molar-refractivity contribution in [3.8, 4) is 0 Å². The Morgan fingerprint density at radius 2 is 2.00 bits per heavy atom. The molecule has 0 fully saturated rings. The number of nitrogens with two attached hydrogens (primary N) is 1. The van der Waals surface area contributed by atoms with Crippen molar-refractivity contribution in [3.63, 3.8) is 0 Å². The zero-order chi connectivity index (χ0) is 12.2. The Kier molecular flexibility index (Phi) is 5.31. The quantitative estimate of drug-likeness (QED) is 0.668. The molecule has 7 heteroatoms. The summed E-state index contributed by atoms with van der Waals surface area (Å²) in [5.41, 5.74) is 6.54. The van der Waals surface area contributed by atoms with Gasteiger partial charge in [-0.1, -0.05) is 59.8 Å². The second-order valence-corrected chi connectivity index (χ2v) is 5.80. The molecule has 4 nitrogen and oxygen atoms in total. The molecule has 1 aromatic rings. The number of halogens is 3. The fraction of sp³-hybridized carbons (Fsp3) is 0.778. The molecule has 1 rings (SSSR count). The maximum Gasteiger partial charge on any atom is 0.234 e. The van der Waals surface area contributed by atoms with Crippen LogP contribution in [0.2, 0.25) is 0 Å². The molecular weight excluding hydrogens is 270 g/mol. The minimum Gasteiger partial charge on any atom is -0.325 e. The number of aryl methyl sites for hydroxylation is 1. The van der Waals surface area contributed by atoms with Gasteiger partial charge in [-0.15, -0.1) is 5.10 Å². The van der Waals surface area contributed by atoms with Crippen LogP contribution in [-0.2, 0) is 16.9 Å². The fourth-order valence-electron chi connectivity index (χ4n) is 1.46. The third-order valence-corrected chi connectivity index (χ3v) is 2.78. The molecule has 0 spiro atoms. The summed E-state index contributed by atoms with van der Waals surface area (Å²) in [6.07, 6.45) is 3.22. The highest BCUT2D eigenvalue weighted by atomic mass is 35.6. The zero-order valence-electron chi connectivity index (χ0n) is 9.09. The van der Waals surface area contributed by atoms with E-state index < -0.39 is 3.79 Å². The van der Waals surface area contributed by atoms with Crippen LogP contribution in [0.4, 0.5) is 0 Å². The summed E-state index contributed by atoms with van der Waals surface area (Å²) in [5, 5.41) is 7.87. The first-order valence-corrected chi connectivity index (χ1v) is 6.33. The summed E-state index contributed by atoms with van der Waals surface area (Å²) in [6, 6.07) is 0. The van der Waals surface area contributed by atoms with E-state index in [4.69, 9.17) is 40.5 Å². The molecular formula is C9H15Cl3N4. The van der Waals surface area contributed by atoms with E-state index in [-0.39, 0.29) is 6.54 Å². The van der Waals surface area contributed by atoms with Crippen molar-refractivity contribution in [3.05, 3.63) is 11.4 Å². The Morgan fingerprint density at radius 1 is 1.31 bits per heavy atom. The normalized spacial score (nSPS) is 12.1. The average molecular weight is 286 g/mol. The van der Waals surface area contributed by atoms with Crippen molar-refractivity contribution in [1.29, 1.82) is 0 Å². The number of alkyl halides is 3. The molecule has 0 aromatic carbocycles. The summed E-state index contributed by atoms with van der Waals surface area (Å²) >= 11 is 17.6. The van der Waals surface area contributed by atoms with E-state index >= 15 is 0 Å². The van der Waals surface area contributed by atoms with Crippen molar-refractivity contribution in [2.24, 2.45) is 5.73 Å². The molecule has 0 aliphatic heterocycles. The Labute approximate surface area is 110 Å². The summed E-state index contributed by atoms with van der Waals surface area (Å²) < 4.78 is 0.106.